The second kappa shape index (κ2) is 16.3. The molecule has 5 aliphatic rings. The van der Waals surface area contributed by atoms with Crippen molar-refractivity contribution in [1.82, 2.24) is 30.4 Å². The smallest absolute Gasteiger partial charge is 0.407 e. The average Bonchev–Trinajstić information content (AvgIpc) is 4.08. The summed E-state index contributed by atoms with van der Waals surface area (Å²) >= 11 is 0. The molecule has 0 unspecified atom stereocenters. The van der Waals surface area contributed by atoms with Crippen molar-refractivity contribution in [3.63, 3.8) is 0 Å². The molecule has 0 bridgehead atoms. The number of benzene rings is 2. The number of amides is 4. The van der Waals surface area contributed by atoms with Gasteiger partial charge in [-0.05, 0) is 92.0 Å². The molecule has 0 spiro atoms. The molecular weight excluding hydrogens is 711 g/mol. The van der Waals surface area contributed by atoms with Crippen molar-refractivity contribution in [1.29, 1.82) is 0 Å². The number of carbonyl (C=O) groups excluding carboxylic acids is 4. The second-order valence-electron chi connectivity index (χ2n) is 15.9. The van der Waals surface area contributed by atoms with E-state index in [1.165, 1.54) is 14.2 Å². The van der Waals surface area contributed by atoms with E-state index in [1.54, 1.807) is 0 Å². The number of alkyl carbamates (subject to hydrolysis) is 2. The van der Waals surface area contributed by atoms with E-state index >= 15 is 0 Å². The van der Waals surface area contributed by atoms with Crippen LogP contribution in [0, 0.1) is 11.8 Å². The summed E-state index contributed by atoms with van der Waals surface area (Å²) in [5, 5.41) is 5.70. The van der Waals surface area contributed by atoms with Gasteiger partial charge in [-0.15, -0.1) is 0 Å². The number of aromatic amines is 1. The molecule has 4 amide bonds. The monoisotopic (exact) mass is 761 g/mol. The van der Waals surface area contributed by atoms with Crippen LogP contribution in [-0.4, -0.2) is 94.9 Å². The van der Waals surface area contributed by atoms with Crippen LogP contribution in [0.3, 0.4) is 0 Å². The van der Waals surface area contributed by atoms with Gasteiger partial charge in [0.2, 0.25) is 11.8 Å². The fraction of sp³-hybridized carbons (Fsp3) is 0.488. The molecule has 2 saturated heterocycles. The molecule has 3 N–H and O–H groups in total. The van der Waals surface area contributed by atoms with Gasteiger partial charge in [-0.25, -0.2) is 14.6 Å². The number of likely N-dealkylation sites (tertiary alicyclic amines) is 2. The molecule has 3 aliphatic heterocycles. The molecule has 2 aromatic carbocycles. The largest absolute Gasteiger partial charge is 0.453 e. The molecule has 13 nitrogen and oxygen atoms in total. The lowest BCUT2D eigenvalue weighted by atomic mass is 9.96. The summed E-state index contributed by atoms with van der Waals surface area (Å²) in [6.07, 6.45) is 11.7. The first-order valence-electron chi connectivity index (χ1n) is 20.1. The molecule has 3 aromatic rings. The molecular formula is C43H51N7O6. The highest BCUT2D eigenvalue weighted by molar-refractivity contribution is 6.03. The topological polar surface area (TPSA) is 158 Å². The van der Waals surface area contributed by atoms with Gasteiger partial charge in [0.25, 0.3) is 0 Å². The molecule has 4 fully saturated rings. The Morgan fingerprint density at radius 1 is 0.679 bits per heavy atom. The molecule has 0 radical (unpaired) electrons. The van der Waals surface area contributed by atoms with Gasteiger partial charge in [0.15, 0.2) is 0 Å². The number of ether oxygens (including phenoxy) is 2. The van der Waals surface area contributed by atoms with Crippen molar-refractivity contribution in [2.45, 2.75) is 94.8 Å². The van der Waals surface area contributed by atoms with Gasteiger partial charge in [0.05, 0.1) is 38.2 Å². The van der Waals surface area contributed by atoms with Crippen LogP contribution >= 0.6 is 0 Å². The van der Waals surface area contributed by atoms with E-state index in [1.807, 2.05) is 22.2 Å². The summed E-state index contributed by atoms with van der Waals surface area (Å²) in [7, 11) is 2.71. The first-order valence-corrected chi connectivity index (χ1v) is 20.1. The Kier molecular flexibility index (Phi) is 10.9. The Bertz CT molecular complexity index is 2010. The lowest BCUT2D eigenvalue weighted by molar-refractivity contribution is -0.136. The minimum Gasteiger partial charge on any atom is -0.453 e. The van der Waals surface area contributed by atoms with Crippen LogP contribution in [0.5, 0.6) is 0 Å². The van der Waals surface area contributed by atoms with Crippen molar-refractivity contribution < 1.29 is 28.7 Å². The van der Waals surface area contributed by atoms with Crippen LogP contribution < -0.4 is 10.6 Å². The maximum absolute atomic E-state index is 13.6. The normalized spacial score (nSPS) is 25.9. The van der Waals surface area contributed by atoms with Crippen LogP contribution in [0.25, 0.3) is 28.0 Å². The van der Waals surface area contributed by atoms with E-state index in [-0.39, 0.29) is 47.8 Å². The van der Waals surface area contributed by atoms with Gasteiger partial charge < -0.3 is 34.9 Å². The zero-order chi connectivity index (χ0) is 38.8. The number of nitrogens with zero attached hydrogens (tertiary/aromatic N) is 4. The van der Waals surface area contributed by atoms with Crippen molar-refractivity contribution in [3.05, 3.63) is 72.3 Å². The Balaban J connectivity index is 0.849. The van der Waals surface area contributed by atoms with Crippen LogP contribution in [0.2, 0.25) is 0 Å². The predicted molar refractivity (Wildman–Crippen MR) is 211 cm³/mol. The highest BCUT2D eigenvalue weighted by atomic mass is 16.5. The number of methoxy groups -OCH3 is 2. The van der Waals surface area contributed by atoms with Gasteiger partial charge in [-0.3, -0.25) is 14.6 Å². The molecule has 8 rings (SSSR count). The summed E-state index contributed by atoms with van der Waals surface area (Å²) < 4.78 is 9.48. The minimum absolute atomic E-state index is 0.0232. The Hall–Kier alpha value is -5.46. The third-order valence-electron chi connectivity index (χ3n) is 12.5. The van der Waals surface area contributed by atoms with Gasteiger partial charge in [0.1, 0.15) is 5.82 Å². The molecule has 6 atom stereocenters. The van der Waals surface area contributed by atoms with Crippen LogP contribution in [-0.2, 0) is 19.1 Å². The molecule has 1 aromatic heterocycles. The number of nitrogens with one attached hydrogen (secondary N) is 3. The number of carbonyl (C=O) groups is 4. The van der Waals surface area contributed by atoms with Gasteiger partial charge in [-0.1, -0.05) is 48.5 Å². The van der Waals surface area contributed by atoms with E-state index in [2.05, 4.69) is 64.1 Å². The van der Waals surface area contributed by atoms with Crippen molar-refractivity contribution >= 4 is 35.3 Å². The van der Waals surface area contributed by atoms with E-state index in [0.717, 1.165) is 109 Å². The summed E-state index contributed by atoms with van der Waals surface area (Å²) in [6, 6.07) is 16.9. The summed E-state index contributed by atoms with van der Waals surface area (Å²) in [6.45, 7) is 1.46. The average molecular weight is 762 g/mol. The maximum atomic E-state index is 13.6. The minimum atomic E-state index is -0.450. The molecule has 2 aliphatic carbocycles. The van der Waals surface area contributed by atoms with E-state index < -0.39 is 12.2 Å². The third kappa shape index (κ3) is 7.81. The first-order chi connectivity index (χ1) is 27.3. The molecule has 294 valence electrons. The Morgan fingerprint density at radius 3 is 1.77 bits per heavy atom. The third-order valence-corrected chi connectivity index (χ3v) is 12.5. The number of allylic oxidation sites excluding steroid dienone is 1. The highest BCUT2D eigenvalue weighted by Gasteiger charge is 2.41. The zero-order valence-electron chi connectivity index (χ0n) is 32.2. The number of aromatic nitrogens is 2. The number of rotatable bonds is 9. The first kappa shape index (κ1) is 37.5. The zero-order valence-corrected chi connectivity index (χ0v) is 32.2. The van der Waals surface area contributed by atoms with E-state index in [9.17, 15) is 19.2 Å². The number of H-pyrrole nitrogens is 1. The standard InChI is InChI=1S/C43H51N7O6/c1-55-42(53)46-33-17-15-30(21-33)40(51)49-19-3-5-37(49)35-23-32(24-44-35)28-9-7-26(8-10-28)27-11-13-29(14-12-27)36-25-45-39(48-36)38-6-4-20-50(38)41(52)31-16-18-34(22-31)47-43(54)56-2/h7-14,24-25,30-31,33-34,37-38H,3-6,15-23H2,1-2H3,(H,45,48)(H,46,53)(H,47,54)/t30-,31-,33+,34+,37-,38-/m0/s1. The Labute approximate surface area is 327 Å². The van der Waals surface area contributed by atoms with Crippen molar-refractivity contribution in [2.24, 2.45) is 16.8 Å². The lowest BCUT2D eigenvalue weighted by Crippen LogP contribution is -2.43. The van der Waals surface area contributed by atoms with Crippen molar-refractivity contribution in [3.8, 4) is 22.4 Å². The van der Waals surface area contributed by atoms with Gasteiger partial charge >= 0.3 is 12.2 Å². The van der Waals surface area contributed by atoms with Gasteiger partial charge in [-0.2, -0.15) is 0 Å². The van der Waals surface area contributed by atoms with E-state index in [0.29, 0.717) is 19.4 Å². The van der Waals surface area contributed by atoms with Gasteiger partial charge in [0, 0.05) is 55.3 Å². The fourth-order valence-electron chi connectivity index (χ4n) is 9.49. The predicted octanol–water partition coefficient (Wildman–Crippen LogP) is 6.63. The van der Waals surface area contributed by atoms with Crippen molar-refractivity contribution in [2.75, 3.05) is 27.3 Å². The second-order valence-corrected chi connectivity index (χ2v) is 15.9. The molecule has 2 saturated carbocycles. The van der Waals surface area contributed by atoms with Crippen LogP contribution in [0.15, 0.2) is 65.9 Å². The SMILES string of the molecule is COC(=O)N[C@@H]1CC[C@H](C(=O)N2CCC[C@H]2C2=NC=C(c3ccc(-c4ccc(-c5cnc([C@@H]6CCCN6C(=O)[C@H]6CC[C@@H](NC(=O)OC)C6)[nH]5)cc4)cc3)C2)C1. The highest BCUT2D eigenvalue weighted by Crippen LogP contribution is 2.38. The summed E-state index contributed by atoms with van der Waals surface area (Å²) in [5.41, 5.74) is 7.51. The van der Waals surface area contributed by atoms with E-state index in [4.69, 9.17) is 19.5 Å². The number of hydrogen-bond acceptors (Lipinski definition) is 8. The quantitative estimate of drug-likeness (QED) is 0.221. The Morgan fingerprint density at radius 2 is 1.20 bits per heavy atom. The van der Waals surface area contributed by atoms with Crippen LogP contribution in [0.1, 0.15) is 88.1 Å². The maximum Gasteiger partial charge on any atom is 0.407 e. The summed E-state index contributed by atoms with van der Waals surface area (Å²) in [4.78, 5) is 67.6. The number of hydrogen-bond donors (Lipinski definition) is 3. The van der Waals surface area contributed by atoms with Crippen LogP contribution in [0.4, 0.5) is 9.59 Å². The number of imidazole rings is 1. The lowest BCUT2D eigenvalue weighted by Gasteiger charge is -2.28. The fourth-order valence-corrected chi connectivity index (χ4v) is 9.49. The molecule has 56 heavy (non-hydrogen) atoms. The molecule has 13 heteroatoms. The summed E-state index contributed by atoms with van der Waals surface area (Å²) in [5.74, 6) is 0.947. The number of aliphatic imine (C=N–C) groups is 1. The molecule has 4 heterocycles.